The van der Waals surface area contributed by atoms with Crippen molar-refractivity contribution >= 4 is 0 Å². The van der Waals surface area contributed by atoms with Gasteiger partial charge in [-0.05, 0) is 56.2 Å². The van der Waals surface area contributed by atoms with Crippen molar-refractivity contribution in [1.82, 2.24) is 0 Å². The van der Waals surface area contributed by atoms with Crippen molar-refractivity contribution in [2.75, 3.05) is 13.2 Å². The summed E-state index contributed by atoms with van der Waals surface area (Å²) in [6.07, 6.45) is 6.40. The van der Waals surface area contributed by atoms with Crippen LogP contribution in [0.4, 0.5) is 0 Å². The number of benzene rings is 1. The zero-order chi connectivity index (χ0) is 13.5. The Morgan fingerprint density at radius 1 is 1.37 bits per heavy atom. The number of ether oxygens (including phenoxy) is 1. The number of hydrogen-bond acceptors (Lipinski definition) is 3. The molecule has 1 aromatic rings. The third kappa shape index (κ3) is 4.60. The maximum atomic E-state index is 9.96. The van der Waals surface area contributed by atoms with Gasteiger partial charge in [0.25, 0.3) is 0 Å². The van der Waals surface area contributed by atoms with Crippen molar-refractivity contribution in [3.05, 3.63) is 35.4 Å². The molecule has 2 rings (SSSR count). The van der Waals surface area contributed by atoms with Crippen LogP contribution >= 0.6 is 0 Å². The Morgan fingerprint density at radius 3 is 3.00 bits per heavy atom. The van der Waals surface area contributed by atoms with E-state index in [-0.39, 0.29) is 0 Å². The molecule has 1 saturated heterocycles. The molecule has 1 aliphatic rings. The van der Waals surface area contributed by atoms with Crippen LogP contribution in [0.1, 0.15) is 49.3 Å². The SMILES string of the molecule is NCCC(O)c1cccc(CCC2CCCCO2)c1. The van der Waals surface area contributed by atoms with E-state index in [1.807, 2.05) is 12.1 Å². The molecule has 0 bridgehead atoms. The van der Waals surface area contributed by atoms with Gasteiger partial charge in [0.15, 0.2) is 0 Å². The fourth-order valence-corrected chi connectivity index (χ4v) is 2.64. The summed E-state index contributed by atoms with van der Waals surface area (Å²) in [4.78, 5) is 0. The first kappa shape index (κ1) is 14.5. The van der Waals surface area contributed by atoms with Crippen molar-refractivity contribution in [2.45, 2.75) is 50.7 Å². The van der Waals surface area contributed by atoms with Gasteiger partial charge < -0.3 is 15.6 Å². The highest BCUT2D eigenvalue weighted by molar-refractivity contribution is 5.25. The second-order valence-electron chi connectivity index (χ2n) is 5.37. The van der Waals surface area contributed by atoms with Crippen molar-refractivity contribution < 1.29 is 9.84 Å². The van der Waals surface area contributed by atoms with E-state index in [9.17, 15) is 5.11 Å². The Labute approximate surface area is 115 Å². The molecular formula is C16H25NO2. The minimum atomic E-state index is -0.434. The van der Waals surface area contributed by atoms with Crippen molar-refractivity contribution in [1.29, 1.82) is 0 Å². The van der Waals surface area contributed by atoms with Crippen LogP contribution in [0.2, 0.25) is 0 Å². The highest BCUT2D eigenvalue weighted by Crippen LogP contribution is 2.21. The van der Waals surface area contributed by atoms with Crippen LogP contribution in [0, 0.1) is 0 Å². The van der Waals surface area contributed by atoms with Gasteiger partial charge >= 0.3 is 0 Å². The molecule has 106 valence electrons. The zero-order valence-electron chi connectivity index (χ0n) is 11.6. The van der Waals surface area contributed by atoms with Gasteiger partial charge in [-0.3, -0.25) is 0 Å². The Kier molecular flexibility index (Phi) is 5.83. The molecule has 0 amide bonds. The molecule has 3 nitrogen and oxygen atoms in total. The van der Waals surface area contributed by atoms with Crippen molar-refractivity contribution in [3.63, 3.8) is 0 Å². The van der Waals surface area contributed by atoms with Gasteiger partial charge in [-0.1, -0.05) is 24.3 Å². The summed E-state index contributed by atoms with van der Waals surface area (Å²) in [5, 5.41) is 9.96. The van der Waals surface area contributed by atoms with Gasteiger partial charge in [0.2, 0.25) is 0 Å². The van der Waals surface area contributed by atoms with Gasteiger partial charge in [-0.2, -0.15) is 0 Å². The first-order valence-electron chi connectivity index (χ1n) is 7.38. The largest absolute Gasteiger partial charge is 0.388 e. The number of hydrogen-bond donors (Lipinski definition) is 2. The van der Waals surface area contributed by atoms with Crippen LogP contribution in [-0.4, -0.2) is 24.4 Å². The average molecular weight is 263 g/mol. The summed E-state index contributed by atoms with van der Waals surface area (Å²) in [5.74, 6) is 0. The minimum absolute atomic E-state index is 0.423. The second kappa shape index (κ2) is 7.63. The summed E-state index contributed by atoms with van der Waals surface area (Å²) in [7, 11) is 0. The molecule has 0 aromatic heterocycles. The van der Waals surface area contributed by atoms with Gasteiger partial charge in [-0.25, -0.2) is 0 Å². The molecule has 0 spiro atoms. The smallest absolute Gasteiger partial charge is 0.0802 e. The number of aliphatic hydroxyl groups excluding tert-OH is 1. The monoisotopic (exact) mass is 263 g/mol. The standard InChI is InChI=1S/C16H25NO2/c17-10-9-16(18)14-5-3-4-13(12-14)7-8-15-6-1-2-11-19-15/h3-5,12,15-16,18H,1-2,6-11,17H2. The summed E-state index contributed by atoms with van der Waals surface area (Å²) in [5.41, 5.74) is 7.74. The van der Waals surface area contributed by atoms with Gasteiger partial charge in [0, 0.05) is 6.61 Å². The summed E-state index contributed by atoms with van der Waals surface area (Å²) >= 11 is 0. The molecule has 0 aliphatic carbocycles. The van der Waals surface area contributed by atoms with Crippen molar-refractivity contribution in [2.24, 2.45) is 5.73 Å². The third-order valence-corrected chi connectivity index (χ3v) is 3.80. The Balaban J connectivity index is 1.87. The van der Waals surface area contributed by atoms with Crippen LogP contribution in [0.3, 0.4) is 0 Å². The molecule has 3 heteroatoms. The van der Waals surface area contributed by atoms with E-state index in [1.165, 1.54) is 24.8 Å². The maximum absolute atomic E-state index is 9.96. The summed E-state index contributed by atoms with van der Waals surface area (Å²) < 4.78 is 5.75. The Morgan fingerprint density at radius 2 is 2.26 bits per heavy atom. The van der Waals surface area contributed by atoms with Crippen LogP contribution in [0.5, 0.6) is 0 Å². The van der Waals surface area contributed by atoms with Gasteiger partial charge in [0.05, 0.1) is 12.2 Å². The molecule has 1 aromatic carbocycles. The van der Waals surface area contributed by atoms with E-state index in [0.717, 1.165) is 25.0 Å². The van der Waals surface area contributed by atoms with E-state index in [4.69, 9.17) is 10.5 Å². The van der Waals surface area contributed by atoms with E-state index in [2.05, 4.69) is 12.1 Å². The van der Waals surface area contributed by atoms with Crippen LogP contribution in [0.15, 0.2) is 24.3 Å². The first-order valence-corrected chi connectivity index (χ1v) is 7.38. The molecule has 0 saturated carbocycles. The molecule has 19 heavy (non-hydrogen) atoms. The summed E-state index contributed by atoms with van der Waals surface area (Å²) in [6.45, 7) is 1.43. The quantitative estimate of drug-likeness (QED) is 0.829. The van der Waals surface area contributed by atoms with Crippen LogP contribution in [-0.2, 0) is 11.2 Å². The van der Waals surface area contributed by atoms with Gasteiger partial charge in [0.1, 0.15) is 0 Å². The van der Waals surface area contributed by atoms with Crippen LogP contribution < -0.4 is 5.73 Å². The van der Waals surface area contributed by atoms with Crippen molar-refractivity contribution in [3.8, 4) is 0 Å². The zero-order valence-corrected chi connectivity index (χ0v) is 11.6. The molecule has 1 fully saturated rings. The topological polar surface area (TPSA) is 55.5 Å². The highest BCUT2D eigenvalue weighted by Gasteiger charge is 2.14. The van der Waals surface area contributed by atoms with Crippen LogP contribution in [0.25, 0.3) is 0 Å². The Bertz CT molecular complexity index is 375. The normalized spacial score (nSPS) is 21.3. The number of rotatable bonds is 6. The van der Waals surface area contributed by atoms with E-state index >= 15 is 0 Å². The van der Waals surface area contributed by atoms with E-state index in [1.54, 1.807) is 0 Å². The number of aliphatic hydroxyl groups is 1. The first-order chi connectivity index (χ1) is 9.29. The predicted octanol–water partition coefficient (Wildman–Crippen LogP) is 2.57. The van der Waals surface area contributed by atoms with E-state index < -0.39 is 6.10 Å². The summed E-state index contributed by atoms with van der Waals surface area (Å²) in [6, 6.07) is 8.22. The molecule has 2 atom stereocenters. The van der Waals surface area contributed by atoms with E-state index in [0.29, 0.717) is 19.1 Å². The average Bonchev–Trinajstić information content (AvgIpc) is 2.47. The lowest BCUT2D eigenvalue weighted by atomic mass is 9.98. The highest BCUT2D eigenvalue weighted by atomic mass is 16.5. The molecular weight excluding hydrogens is 238 g/mol. The molecule has 1 aliphatic heterocycles. The molecule has 3 N–H and O–H groups in total. The molecule has 1 heterocycles. The molecule has 2 unspecified atom stereocenters. The lowest BCUT2D eigenvalue weighted by molar-refractivity contribution is 0.0115. The minimum Gasteiger partial charge on any atom is -0.388 e. The fraction of sp³-hybridized carbons (Fsp3) is 0.625. The Hall–Kier alpha value is -0.900. The third-order valence-electron chi connectivity index (χ3n) is 3.80. The number of aryl methyl sites for hydroxylation is 1. The fourth-order valence-electron chi connectivity index (χ4n) is 2.64. The van der Waals surface area contributed by atoms with Gasteiger partial charge in [-0.15, -0.1) is 0 Å². The number of nitrogens with two attached hydrogens (primary N) is 1. The maximum Gasteiger partial charge on any atom is 0.0802 e. The molecule has 0 radical (unpaired) electrons. The lowest BCUT2D eigenvalue weighted by Gasteiger charge is -2.22. The lowest BCUT2D eigenvalue weighted by Crippen LogP contribution is -2.19. The predicted molar refractivity (Wildman–Crippen MR) is 77.0 cm³/mol. The second-order valence-corrected chi connectivity index (χ2v) is 5.37.